The second-order valence-electron chi connectivity index (χ2n) is 14.1. The summed E-state index contributed by atoms with van der Waals surface area (Å²) in [5, 5.41) is 22.5. The van der Waals surface area contributed by atoms with Crippen LogP contribution >= 0.6 is 22.7 Å². The van der Waals surface area contributed by atoms with Crippen molar-refractivity contribution in [3.05, 3.63) is 166 Å². The summed E-state index contributed by atoms with van der Waals surface area (Å²) in [6.07, 6.45) is 0. The molecular formula is C50H32S2Se. The van der Waals surface area contributed by atoms with Crippen molar-refractivity contribution in [3.8, 4) is 44.5 Å². The van der Waals surface area contributed by atoms with Gasteiger partial charge in [0.15, 0.2) is 0 Å². The molecule has 8 aromatic carbocycles. The van der Waals surface area contributed by atoms with Gasteiger partial charge in [0.05, 0.1) is 0 Å². The van der Waals surface area contributed by atoms with Gasteiger partial charge in [0.2, 0.25) is 0 Å². The molecule has 0 radical (unpaired) electrons. The van der Waals surface area contributed by atoms with Crippen molar-refractivity contribution in [3.63, 3.8) is 0 Å². The molecule has 11 rings (SSSR count). The maximum absolute atomic E-state index is 2.52. The van der Waals surface area contributed by atoms with Gasteiger partial charge in [-0.1, -0.05) is 0 Å². The van der Waals surface area contributed by atoms with Crippen LogP contribution in [0.2, 0.25) is 0 Å². The average Bonchev–Trinajstić information content (AvgIpc) is 3.93. The van der Waals surface area contributed by atoms with Crippen molar-refractivity contribution in [2.75, 3.05) is 0 Å². The Morgan fingerprint density at radius 3 is 1.21 bits per heavy atom. The second-order valence-corrected chi connectivity index (χ2v) is 17.8. The molecule has 3 aromatic heterocycles. The fourth-order valence-electron chi connectivity index (χ4n) is 8.82. The van der Waals surface area contributed by atoms with Crippen molar-refractivity contribution in [2.24, 2.45) is 0 Å². The number of aryl methyl sites for hydroxylation is 2. The Morgan fingerprint density at radius 1 is 0.358 bits per heavy atom. The van der Waals surface area contributed by atoms with Gasteiger partial charge in [0, 0.05) is 0 Å². The van der Waals surface area contributed by atoms with Gasteiger partial charge in [-0.3, -0.25) is 0 Å². The zero-order valence-corrected chi connectivity index (χ0v) is 32.6. The first kappa shape index (κ1) is 31.3. The first-order valence-corrected chi connectivity index (χ1v) is 21.6. The van der Waals surface area contributed by atoms with E-state index in [0.29, 0.717) is 0 Å². The third-order valence-electron chi connectivity index (χ3n) is 11.2. The predicted molar refractivity (Wildman–Crippen MR) is 235 cm³/mol. The van der Waals surface area contributed by atoms with E-state index in [2.05, 4.69) is 169 Å². The van der Waals surface area contributed by atoms with Crippen LogP contribution in [0.5, 0.6) is 0 Å². The zero-order valence-electron chi connectivity index (χ0n) is 29.2. The minimum absolute atomic E-state index is 0.140. The molecule has 3 heteroatoms. The minimum atomic E-state index is 0.140. The van der Waals surface area contributed by atoms with Crippen molar-refractivity contribution in [1.82, 2.24) is 0 Å². The van der Waals surface area contributed by atoms with Crippen LogP contribution in [0, 0.1) is 13.8 Å². The molecular weight excluding hydrogens is 744 g/mol. The normalized spacial score (nSPS) is 12.0. The Bertz CT molecular complexity index is 3150. The molecule has 3 heterocycles. The van der Waals surface area contributed by atoms with E-state index in [1.54, 1.807) is 22.7 Å². The number of benzene rings is 8. The summed E-state index contributed by atoms with van der Waals surface area (Å²) in [5.74, 6) is 0. The Morgan fingerprint density at radius 2 is 0.774 bits per heavy atom. The summed E-state index contributed by atoms with van der Waals surface area (Å²) >= 11 is 3.72. The number of fused-ring (bicyclic) bond motifs is 7. The van der Waals surface area contributed by atoms with E-state index in [-0.39, 0.29) is 14.5 Å². The van der Waals surface area contributed by atoms with Gasteiger partial charge in [-0.05, 0) is 0 Å². The molecule has 53 heavy (non-hydrogen) atoms. The molecule has 0 amide bonds. The van der Waals surface area contributed by atoms with E-state index >= 15 is 0 Å². The Balaban J connectivity index is 1.18. The van der Waals surface area contributed by atoms with E-state index in [0.717, 1.165) is 0 Å². The molecule has 0 bridgehead atoms. The summed E-state index contributed by atoms with van der Waals surface area (Å²) in [5.41, 5.74) is 13.4. The third-order valence-corrected chi connectivity index (χ3v) is 15.4. The van der Waals surface area contributed by atoms with Gasteiger partial charge in [0.1, 0.15) is 0 Å². The van der Waals surface area contributed by atoms with Gasteiger partial charge >= 0.3 is 324 Å². The van der Waals surface area contributed by atoms with Gasteiger partial charge < -0.3 is 0 Å². The molecule has 0 unspecified atom stereocenters. The summed E-state index contributed by atoms with van der Waals surface area (Å²) in [4.78, 5) is 0. The van der Waals surface area contributed by atoms with E-state index in [1.165, 1.54) is 118 Å². The molecule has 0 aliphatic heterocycles. The molecule has 0 nitrogen and oxygen atoms in total. The van der Waals surface area contributed by atoms with Crippen LogP contribution in [0.1, 0.15) is 11.1 Å². The predicted octanol–water partition coefficient (Wildman–Crippen LogP) is 15.1. The summed E-state index contributed by atoms with van der Waals surface area (Å²) in [6.45, 7) is 4.48. The van der Waals surface area contributed by atoms with Crippen LogP contribution in [0.4, 0.5) is 0 Å². The fourth-order valence-corrected chi connectivity index (χ4v) is 13.1. The molecule has 0 aliphatic carbocycles. The monoisotopic (exact) mass is 776 g/mol. The fraction of sp³-hybridized carbons (Fsp3) is 0.0400. The Labute approximate surface area is 322 Å². The van der Waals surface area contributed by atoms with Crippen LogP contribution in [0.15, 0.2) is 155 Å². The molecule has 0 N–H and O–H groups in total. The van der Waals surface area contributed by atoms with Crippen LogP contribution in [0.25, 0.3) is 107 Å². The SMILES string of the molecule is Cc1cscc1-c1c2ccccc2c(-c2ccc3c(c2)[se]c2c(-c4c5ccccc5c(-c5cscc5C)c5ccccc45)cccc23)c2ccccc12. The molecule has 0 saturated carbocycles. The molecule has 0 aliphatic rings. The molecule has 0 spiro atoms. The van der Waals surface area contributed by atoms with Gasteiger partial charge in [0.25, 0.3) is 0 Å². The maximum atomic E-state index is 2.52. The first-order valence-electron chi connectivity index (χ1n) is 18.0. The number of thiophene rings is 2. The van der Waals surface area contributed by atoms with Crippen molar-refractivity contribution < 1.29 is 0 Å². The summed E-state index contributed by atoms with van der Waals surface area (Å²) < 4.78 is 2.95. The van der Waals surface area contributed by atoms with E-state index in [4.69, 9.17) is 0 Å². The zero-order chi connectivity index (χ0) is 35.2. The topological polar surface area (TPSA) is 0 Å². The van der Waals surface area contributed by atoms with Crippen LogP contribution in [0.3, 0.4) is 0 Å². The molecule has 0 fully saturated rings. The van der Waals surface area contributed by atoms with E-state index in [1.807, 2.05) is 0 Å². The quantitative estimate of drug-likeness (QED) is 0.123. The van der Waals surface area contributed by atoms with Crippen molar-refractivity contribution >= 4 is 99.6 Å². The van der Waals surface area contributed by atoms with Crippen molar-refractivity contribution in [2.45, 2.75) is 13.8 Å². The average molecular weight is 776 g/mol. The Kier molecular flexibility index (Phi) is 7.16. The van der Waals surface area contributed by atoms with Crippen molar-refractivity contribution in [1.29, 1.82) is 0 Å². The second kappa shape index (κ2) is 12.1. The Hall–Kier alpha value is -5.28. The number of hydrogen-bond acceptors (Lipinski definition) is 2. The van der Waals surface area contributed by atoms with Crippen LogP contribution < -0.4 is 0 Å². The molecule has 0 atom stereocenters. The van der Waals surface area contributed by atoms with E-state index < -0.39 is 0 Å². The molecule has 250 valence electrons. The number of rotatable bonds is 4. The first-order chi connectivity index (χ1) is 26.2. The van der Waals surface area contributed by atoms with Gasteiger partial charge in [-0.15, -0.1) is 0 Å². The number of hydrogen-bond donors (Lipinski definition) is 0. The van der Waals surface area contributed by atoms with Crippen LogP contribution in [-0.4, -0.2) is 14.5 Å². The van der Waals surface area contributed by atoms with Gasteiger partial charge in [-0.25, -0.2) is 0 Å². The summed E-state index contributed by atoms with van der Waals surface area (Å²) in [6, 6.07) is 50.5. The standard InChI is InChI=1S/C50H32S2Se/c1-29-25-51-27-43(29)48-35-14-5-3-12-33(35)46(34-13-4-6-15-36(34)48)31-22-23-32-41-20-11-21-42(50(41)53-45(32)24-31)47-37-16-7-9-18-39(37)49(44-28-52-26-30(44)2)40-19-10-8-17-38(40)47/h3-28H,1-2H3. The summed E-state index contributed by atoms with van der Waals surface area (Å²) in [7, 11) is 0. The van der Waals surface area contributed by atoms with Gasteiger partial charge in [-0.2, -0.15) is 0 Å². The molecule has 0 saturated heterocycles. The van der Waals surface area contributed by atoms with Crippen LogP contribution in [-0.2, 0) is 0 Å². The third kappa shape index (κ3) is 4.65. The molecule has 11 aromatic rings. The van der Waals surface area contributed by atoms with E-state index in [9.17, 15) is 0 Å².